The maximum atomic E-state index is 10.7. The van der Waals surface area contributed by atoms with Crippen LogP contribution in [0, 0.1) is 0 Å². The zero-order valence-electron chi connectivity index (χ0n) is 7.99. The van der Waals surface area contributed by atoms with E-state index in [-0.39, 0.29) is 5.75 Å². The van der Waals surface area contributed by atoms with Gasteiger partial charge in [0.1, 0.15) is 6.29 Å². The standard InChI is InChI=1S/C10H13NO3/c1-14-10-5-8(6-12)7(2-3-11)4-9(10)13/h4-6,13H,2-3,11H2,1H3. The molecule has 0 spiro atoms. The van der Waals surface area contributed by atoms with Crippen molar-refractivity contribution in [2.24, 2.45) is 5.73 Å². The van der Waals surface area contributed by atoms with Gasteiger partial charge in [-0.05, 0) is 30.7 Å². The fourth-order valence-corrected chi connectivity index (χ4v) is 1.27. The first-order valence-corrected chi connectivity index (χ1v) is 4.28. The first-order valence-electron chi connectivity index (χ1n) is 4.28. The molecule has 0 heterocycles. The molecule has 0 aromatic heterocycles. The van der Waals surface area contributed by atoms with Gasteiger partial charge >= 0.3 is 0 Å². The molecule has 0 atom stereocenters. The highest BCUT2D eigenvalue weighted by atomic mass is 16.5. The van der Waals surface area contributed by atoms with Crippen molar-refractivity contribution >= 4 is 6.29 Å². The third kappa shape index (κ3) is 2.03. The van der Waals surface area contributed by atoms with Crippen LogP contribution in [-0.4, -0.2) is 25.0 Å². The Morgan fingerprint density at radius 1 is 1.57 bits per heavy atom. The van der Waals surface area contributed by atoms with Crippen LogP contribution in [0.25, 0.3) is 0 Å². The van der Waals surface area contributed by atoms with Crippen LogP contribution >= 0.6 is 0 Å². The van der Waals surface area contributed by atoms with Gasteiger partial charge in [-0.3, -0.25) is 4.79 Å². The van der Waals surface area contributed by atoms with E-state index in [2.05, 4.69) is 0 Å². The lowest BCUT2D eigenvalue weighted by Gasteiger charge is -2.08. The van der Waals surface area contributed by atoms with E-state index in [9.17, 15) is 9.90 Å². The first kappa shape index (κ1) is 10.5. The van der Waals surface area contributed by atoms with Crippen molar-refractivity contribution < 1.29 is 14.6 Å². The summed E-state index contributed by atoms with van der Waals surface area (Å²) in [7, 11) is 1.44. The molecule has 3 N–H and O–H groups in total. The molecule has 1 aromatic rings. The Morgan fingerprint density at radius 3 is 2.79 bits per heavy atom. The van der Waals surface area contributed by atoms with Gasteiger partial charge in [0.05, 0.1) is 7.11 Å². The highest BCUT2D eigenvalue weighted by Gasteiger charge is 2.08. The highest BCUT2D eigenvalue weighted by molar-refractivity contribution is 5.79. The number of ether oxygens (including phenoxy) is 1. The number of phenolic OH excluding ortho intramolecular Hbond substituents is 1. The molecule has 0 bridgehead atoms. The van der Waals surface area contributed by atoms with Gasteiger partial charge in [-0.1, -0.05) is 0 Å². The van der Waals surface area contributed by atoms with E-state index >= 15 is 0 Å². The third-order valence-corrected chi connectivity index (χ3v) is 1.98. The molecular weight excluding hydrogens is 182 g/mol. The second kappa shape index (κ2) is 4.62. The Hall–Kier alpha value is -1.55. The number of hydrogen-bond donors (Lipinski definition) is 2. The lowest BCUT2D eigenvalue weighted by Crippen LogP contribution is -2.05. The van der Waals surface area contributed by atoms with E-state index in [4.69, 9.17) is 10.5 Å². The van der Waals surface area contributed by atoms with Crippen molar-refractivity contribution in [3.63, 3.8) is 0 Å². The third-order valence-electron chi connectivity index (χ3n) is 1.98. The van der Waals surface area contributed by atoms with E-state index in [0.717, 1.165) is 11.8 Å². The summed E-state index contributed by atoms with van der Waals surface area (Å²) >= 11 is 0. The Morgan fingerprint density at radius 2 is 2.29 bits per heavy atom. The number of methoxy groups -OCH3 is 1. The highest BCUT2D eigenvalue weighted by Crippen LogP contribution is 2.28. The summed E-state index contributed by atoms with van der Waals surface area (Å²) in [6.07, 6.45) is 1.29. The fraction of sp³-hybridized carbons (Fsp3) is 0.300. The lowest BCUT2D eigenvalue weighted by atomic mass is 10.0. The summed E-state index contributed by atoms with van der Waals surface area (Å²) in [6.45, 7) is 0.437. The molecule has 0 unspecified atom stereocenters. The van der Waals surface area contributed by atoms with E-state index in [1.54, 1.807) is 0 Å². The molecule has 76 valence electrons. The molecule has 1 aromatic carbocycles. The van der Waals surface area contributed by atoms with E-state index in [0.29, 0.717) is 24.3 Å². The van der Waals surface area contributed by atoms with Crippen molar-refractivity contribution in [1.82, 2.24) is 0 Å². The number of hydrogen-bond acceptors (Lipinski definition) is 4. The molecule has 0 amide bonds. The molecular formula is C10H13NO3. The Kier molecular flexibility index (Phi) is 3.48. The minimum absolute atomic E-state index is 0.0292. The molecule has 0 aliphatic carbocycles. The zero-order valence-corrected chi connectivity index (χ0v) is 7.99. The van der Waals surface area contributed by atoms with Crippen LogP contribution in [0.5, 0.6) is 11.5 Å². The predicted molar refractivity (Wildman–Crippen MR) is 52.8 cm³/mol. The van der Waals surface area contributed by atoms with Gasteiger partial charge in [0.25, 0.3) is 0 Å². The molecule has 0 saturated carbocycles. The fourth-order valence-electron chi connectivity index (χ4n) is 1.27. The number of aldehydes is 1. The van der Waals surface area contributed by atoms with Gasteiger partial charge in [-0.2, -0.15) is 0 Å². The Labute approximate surface area is 82.3 Å². The minimum Gasteiger partial charge on any atom is -0.504 e. The van der Waals surface area contributed by atoms with Crippen LogP contribution in [-0.2, 0) is 6.42 Å². The second-order valence-electron chi connectivity index (χ2n) is 2.88. The number of benzene rings is 1. The molecule has 0 aliphatic heterocycles. The number of carbonyl (C=O) groups is 1. The Balaban J connectivity index is 3.16. The van der Waals surface area contributed by atoms with Crippen molar-refractivity contribution in [2.45, 2.75) is 6.42 Å². The van der Waals surface area contributed by atoms with Crippen LogP contribution in [0.2, 0.25) is 0 Å². The quantitative estimate of drug-likeness (QED) is 0.694. The van der Waals surface area contributed by atoms with Crippen LogP contribution in [0.4, 0.5) is 0 Å². The van der Waals surface area contributed by atoms with Crippen LogP contribution in [0.1, 0.15) is 15.9 Å². The molecule has 0 aliphatic rings. The maximum Gasteiger partial charge on any atom is 0.161 e. The smallest absolute Gasteiger partial charge is 0.161 e. The topological polar surface area (TPSA) is 72.5 Å². The Bertz CT molecular complexity index is 336. The molecule has 0 fully saturated rings. The summed E-state index contributed by atoms with van der Waals surface area (Å²) in [4.78, 5) is 10.7. The number of phenols is 1. The summed E-state index contributed by atoms with van der Waals surface area (Å²) in [5.41, 5.74) is 6.62. The number of carbonyl (C=O) groups excluding carboxylic acids is 1. The SMILES string of the molecule is COc1cc(C=O)c(CCN)cc1O. The molecule has 0 radical (unpaired) electrons. The molecule has 4 heteroatoms. The maximum absolute atomic E-state index is 10.7. The first-order chi connectivity index (χ1) is 6.72. The van der Waals surface area contributed by atoms with Crippen LogP contribution < -0.4 is 10.5 Å². The summed E-state index contributed by atoms with van der Waals surface area (Å²) in [5, 5.41) is 9.46. The van der Waals surface area contributed by atoms with Crippen LogP contribution in [0.3, 0.4) is 0 Å². The van der Waals surface area contributed by atoms with Crippen molar-refractivity contribution in [3.8, 4) is 11.5 Å². The van der Waals surface area contributed by atoms with Gasteiger partial charge in [-0.15, -0.1) is 0 Å². The monoisotopic (exact) mass is 195 g/mol. The van der Waals surface area contributed by atoms with E-state index in [1.165, 1.54) is 19.2 Å². The normalized spacial score (nSPS) is 9.86. The average Bonchev–Trinajstić information content (AvgIpc) is 2.19. The summed E-state index contributed by atoms with van der Waals surface area (Å²) < 4.78 is 4.88. The minimum atomic E-state index is 0.0292. The van der Waals surface area contributed by atoms with Gasteiger partial charge in [-0.25, -0.2) is 0 Å². The van der Waals surface area contributed by atoms with Crippen molar-refractivity contribution in [3.05, 3.63) is 23.3 Å². The van der Waals surface area contributed by atoms with Gasteiger partial charge < -0.3 is 15.6 Å². The molecule has 14 heavy (non-hydrogen) atoms. The van der Waals surface area contributed by atoms with Gasteiger partial charge in [0, 0.05) is 5.56 Å². The molecule has 4 nitrogen and oxygen atoms in total. The average molecular weight is 195 g/mol. The van der Waals surface area contributed by atoms with E-state index in [1.807, 2.05) is 0 Å². The largest absolute Gasteiger partial charge is 0.504 e. The zero-order chi connectivity index (χ0) is 10.6. The number of rotatable bonds is 4. The van der Waals surface area contributed by atoms with Gasteiger partial charge in [0.15, 0.2) is 11.5 Å². The number of aromatic hydroxyl groups is 1. The summed E-state index contributed by atoms with van der Waals surface area (Å²) in [6, 6.07) is 3.02. The van der Waals surface area contributed by atoms with Crippen molar-refractivity contribution in [2.75, 3.05) is 13.7 Å². The van der Waals surface area contributed by atoms with Gasteiger partial charge in [0.2, 0.25) is 0 Å². The predicted octanol–water partition coefficient (Wildman–Crippen LogP) is 0.714. The van der Waals surface area contributed by atoms with Crippen molar-refractivity contribution in [1.29, 1.82) is 0 Å². The van der Waals surface area contributed by atoms with Crippen LogP contribution in [0.15, 0.2) is 12.1 Å². The lowest BCUT2D eigenvalue weighted by molar-refractivity contribution is 0.112. The summed E-state index contributed by atoms with van der Waals surface area (Å²) in [5.74, 6) is 0.328. The second-order valence-corrected chi connectivity index (χ2v) is 2.88. The number of nitrogens with two attached hydrogens (primary N) is 1. The molecule has 0 saturated heterocycles. The van der Waals surface area contributed by atoms with E-state index < -0.39 is 0 Å². The molecule has 1 rings (SSSR count).